The molecule has 0 aromatic carbocycles. The molecule has 1 aliphatic rings. The zero-order chi connectivity index (χ0) is 13.2. The summed E-state index contributed by atoms with van der Waals surface area (Å²) in [5.74, 6) is 1.35. The lowest BCUT2D eigenvalue weighted by Crippen LogP contribution is -2.33. The highest BCUT2D eigenvalue weighted by molar-refractivity contribution is 6.29. The topological polar surface area (TPSA) is 58.3 Å². The second-order valence-electron chi connectivity index (χ2n) is 4.99. The summed E-state index contributed by atoms with van der Waals surface area (Å²) in [6, 6.07) is 2.10. The quantitative estimate of drug-likeness (QED) is 0.864. The number of nitrogens with zero attached hydrogens (tertiary/aromatic N) is 5. The first-order valence-corrected chi connectivity index (χ1v) is 6.95. The third kappa shape index (κ3) is 2.79. The van der Waals surface area contributed by atoms with Crippen molar-refractivity contribution in [3.63, 3.8) is 0 Å². The van der Waals surface area contributed by atoms with Gasteiger partial charge >= 0.3 is 0 Å². The van der Waals surface area contributed by atoms with Gasteiger partial charge in [-0.05, 0) is 32.9 Å². The van der Waals surface area contributed by atoms with Crippen molar-refractivity contribution in [2.75, 3.05) is 25.0 Å². The van der Waals surface area contributed by atoms with Crippen LogP contribution in [-0.2, 0) is 0 Å². The zero-order valence-electron chi connectivity index (χ0n) is 10.9. The molecule has 3 heterocycles. The number of rotatable bonds is 4. The first-order valence-electron chi connectivity index (χ1n) is 6.57. The van der Waals surface area contributed by atoms with Crippen LogP contribution in [0.5, 0.6) is 0 Å². The molecule has 7 heteroatoms. The average Bonchev–Trinajstić information content (AvgIpc) is 2.99. The Balaban J connectivity index is 1.74. The van der Waals surface area contributed by atoms with Gasteiger partial charge in [-0.3, -0.25) is 0 Å². The molecule has 0 amide bonds. The number of fused-ring (bicyclic) bond motifs is 1. The van der Waals surface area contributed by atoms with Crippen LogP contribution in [0.25, 0.3) is 5.78 Å². The molecular weight excluding hydrogens is 264 g/mol. The number of hydrogen-bond acceptors (Lipinski definition) is 5. The number of halogens is 1. The van der Waals surface area contributed by atoms with Gasteiger partial charge in [0.25, 0.3) is 5.78 Å². The van der Waals surface area contributed by atoms with Gasteiger partial charge in [-0.2, -0.15) is 19.6 Å². The maximum atomic E-state index is 5.99. The Morgan fingerprint density at radius 1 is 1.42 bits per heavy atom. The molecule has 2 aromatic heterocycles. The average molecular weight is 281 g/mol. The number of nitrogens with one attached hydrogen (secondary N) is 1. The summed E-state index contributed by atoms with van der Waals surface area (Å²) < 4.78 is 1.67. The van der Waals surface area contributed by atoms with Crippen molar-refractivity contribution in [1.82, 2.24) is 24.5 Å². The molecule has 1 unspecified atom stereocenters. The van der Waals surface area contributed by atoms with Crippen LogP contribution in [0.3, 0.4) is 0 Å². The summed E-state index contributed by atoms with van der Waals surface area (Å²) in [6.07, 6.45) is 4.09. The summed E-state index contributed by atoms with van der Waals surface area (Å²) in [6.45, 7) is 5.58. The highest BCUT2D eigenvalue weighted by Crippen LogP contribution is 2.16. The molecule has 1 N–H and O–H groups in total. The van der Waals surface area contributed by atoms with Gasteiger partial charge in [0.15, 0.2) is 0 Å². The molecule has 1 atom stereocenters. The first-order chi connectivity index (χ1) is 9.22. The lowest BCUT2D eigenvalue weighted by molar-refractivity contribution is 0.327. The van der Waals surface area contributed by atoms with Gasteiger partial charge in [-0.15, -0.1) is 0 Å². The Morgan fingerprint density at radius 2 is 2.21 bits per heavy atom. The SMILES string of the molecule is CC(CN1CCCC1)Nc1cc(Cl)nc2ncnn12. The highest BCUT2D eigenvalue weighted by Gasteiger charge is 2.15. The summed E-state index contributed by atoms with van der Waals surface area (Å²) >= 11 is 5.99. The third-order valence-corrected chi connectivity index (χ3v) is 3.54. The van der Waals surface area contributed by atoms with E-state index in [2.05, 4.69) is 32.2 Å². The molecule has 1 saturated heterocycles. The van der Waals surface area contributed by atoms with Crippen LogP contribution in [0.2, 0.25) is 5.15 Å². The number of aromatic nitrogens is 4. The fourth-order valence-corrected chi connectivity index (χ4v) is 2.72. The molecule has 2 aromatic rings. The number of likely N-dealkylation sites (tertiary alicyclic amines) is 1. The minimum absolute atomic E-state index is 0.323. The van der Waals surface area contributed by atoms with Gasteiger partial charge in [0.1, 0.15) is 17.3 Å². The van der Waals surface area contributed by atoms with Crippen LogP contribution >= 0.6 is 11.6 Å². The van der Waals surface area contributed by atoms with Crippen molar-refractivity contribution in [1.29, 1.82) is 0 Å². The molecule has 0 bridgehead atoms. The smallest absolute Gasteiger partial charge is 0.255 e. The summed E-state index contributed by atoms with van der Waals surface area (Å²) in [5.41, 5.74) is 0. The van der Waals surface area contributed by atoms with E-state index in [4.69, 9.17) is 11.6 Å². The van der Waals surface area contributed by atoms with Crippen molar-refractivity contribution in [2.45, 2.75) is 25.8 Å². The van der Waals surface area contributed by atoms with Crippen molar-refractivity contribution in [3.8, 4) is 0 Å². The number of anilines is 1. The van der Waals surface area contributed by atoms with E-state index in [0.717, 1.165) is 12.4 Å². The summed E-state index contributed by atoms with van der Waals surface area (Å²) in [4.78, 5) is 10.6. The van der Waals surface area contributed by atoms with Crippen molar-refractivity contribution < 1.29 is 0 Å². The van der Waals surface area contributed by atoms with E-state index in [1.165, 1.54) is 32.3 Å². The van der Waals surface area contributed by atoms with Crippen LogP contribution in [-0.4, -0.2) is 50.2 Å². The summed E-state index contributed by atoms with van der Waals surface area (Å²) in [5, 5.41) is 8.01. The van der Waals surface area contributed by atoms with Gasteiger partial charge < -0.3 is 10.2 Å². The number of hydrogen-bond donors (Lipinski definition) is 1. The minimum atomic E-state index is 0.323. The predicted octanol–water partition coefficient (Wildman–Crippen LogP) is 1.67. The Bertz CT molecular complexity index is 562. The van der Waals surface area contributed by atoms with Gasteiger partial charge in [0.2, 0.25) is 0 Å². The molecule has 0 radical (unpaired) electrons. The van der Waals surface area contributed by atoms with Gasteiger partial charge in [-0.1, -0.05) is 11.6 Å². The van der Waals surface area contributed by atoms with Gasteiger partial charge in [-0.25, -0.2) is 0 Å². The molecule has 0 aliphatic carbocycles. The minimum Gasteiger partial charge on any atom is -0.366 e. The second-order valence-corrected chi connectivity index (χ2v) is 5.38. The van der Waals surface area contributed by atoms with E-state index in [-0.39, 0.29) is 0 Å². The maximum absolute atomic E-state index is 5.99. The van der Waals surface area contributed by atoms with E-state index >= 15 is 0 Å². The van der Waals surface area contributed by atoms with Crippen LogP contribution in [0.4, 0.5) is 5.82 Å². The van der Waals surface area contributed by atoms with Crippen molar-refractivity contribution in [2.24, 2.45) is 0 Å². The maximum Gasteiger partial charge on any atom is 0.255 e. The standard InChI is InChI=1S/C12H17ClN6/c1-9(7-18-4-2-3-5-18)16-11-6-10(13)17-12-14-8-15-19(11)12/h6,8-9,16H,2-5,7H2,1H3. The Hall–Kier alpha value is -1.40. The first kappa shape index (κ1) is 12.6. The van der Waals surface area contributed by atoms with Crippen molar-refractivity contribution >= 4 is 23.2 Å². The van der Waals surface area contributed by atoms with E-state index in [1.807, 2.05) is 0 Å². The lowest BCUT2D eigenvalue weighted by Gasteiger charge is -2.22. The van der Waals surface area contributed by atoms with Crippen LogP contribution in [0, 0.1) is 0 Å². The van der Waals surface area contributed by atoms with Gasteiger partial charge in [0, 0.05) is 18.7 Å². The molecule has 1 aliphatic heterocycles. The lowest BCUT2D eigenvalue weighted by atomic mass is 10.3. The van der Waals surface area contributed by atoms with Gasteiger partial charge in [0.05, 0.1) is 0 Å². The molecule has 102 valence electrons. The Labute approximate surface area is 116 Å². The van der Waals surface area contributed by atoms with E-state index in [9.17, 15) is 0 Å². The largest absolute Gasteiger partial charge is 0.366 e. The van der Waals surface area contributed by atoms with E-state index < -0.39 is 0 Å². The molecule has 19 heavy (non-hydrogen) atoms. The molecule has 6 nitrogen and oxygen atoms in total. The zero-order valence-corrected chi connectivity index (χ0v) is 11.6. The Kier molecular flexibility index (Phi) is 3.52. The van der Waals surface area contributed by atoms with E-state index in [1.54, 1.807) is 10.6 Å². The summed E-state index contributed by atoms with van der Waals surface area (Å²) in [7, 11) is 0. The molecular formula is C12H17ClN6. The molecule has 3 rings (SSSR count). The van der Waals surface area contributed by atoms with E-state index in [0.29, 0.717) is 17.0 Å². The normalized spacial score (nSPS) is 18.0. The molecule has 0 saturated carbocycles. The fraction of sp³-hybridized carbons (Fsp3) is 0.583. The predicted molar refractivity (Wildman–Crippen MR) is 74.6 cm³/mol. The van der Waals surface area contributed by atoms with Crippen LogP contribution in [0.1, 0.15) is 19.8 Å². The fourth-order valence-electron chi connectivity index (χ4n) is 2.54. The second kappa shape index (κ2) is 5.30. The molecule has 0 spiro atoms. The highest BCUT2D eigenvalue weighted by atomic mass is 35.5. The van der Waals surface area contributed by atoms with Crippen LogP contribution < -0.4 is 5.32 Å². The molecule has 1 fully saturated rings. The monoisotopic (exact) mass is 280 g/mol. The Morgan fingerprint density at radius 3 is 3.00 bits per heavy atom. The van der Waals surface area contributed by atoms with Crippen molar-refractivity contribution in [3.05, 3.63) is 17.5 Å². The van der Waals surface area contributed by atoms with Crippen LogP contribution in [0.15, 0.2) is 12.4 Å². The third-order valence-electron chi connectivity index (χ3n) is 3.35.